The number of rotatable bonds is 20. The van der Waals surface area contributed by atoms with Crippen molar-refractivity contribution in [3.05, 3.63) is 23.3 Å². The fourth-order valence-corrected chi connectivity index (χ4v) is 19.2. The molecule has 0 saturated heterocycles. The lowest BCUT2D eigenvalue weighted by atomic mass is 9.47. The van der Waals surface area contributed by atoms with Crippen LogP contribution in [0.15, 0.2) is 23.3 Å². The molecule has 2 N–H and O–H groups in total. The summed E-state index contributed by atoms with van der Waals surface area (Å²) in [6, 6.07) is -1.54. The molecule has 0 unspecified atom stereocenters. The van der Waals surface area contributed by atoms with Crippen LogP contribution in [0.3, 0.4) is 0 Å². The zero-order valence-electron chi connectivity index (χ0n) is 48.5. The predicted molar refractivity (Wildman–Crippen MR) is 295 cm³/mol. The van der Waals surface area contributed by atoms with E-state index in [0.717, 1.165) is 111 Å². The highest BCUT2D eigenvalue weighted by atomic mass is 16.5. The van der Waals surface area contributed by atoms with E-state index in [-0.39, 0.29) is 47.7 Å². The number of amides is 2. The summed E-state index contributed by atoms with van der Waals surface area (Å²) in [5, 5.41) is 5.65. The number of nitrogens with one attached hydrogen (secondary N) is 2. The first-order chi connectivity index (χ1) is 34.6. The van der Waals surface area contributed by atoms with Crippen molar-refractivity contribution in [1.29, 1.82) is 0 Å². The molecule has 0 aromatic carbocycles. The average molecular weight is 1010 g/mol. The molecule has 8 nitrogen and oxygen atoms in total. The Bertz CT molecular complexity index is 1880. The first-order valence-corrected chi connectivity index (χ1v) is 31.0. The smallest absolute Gasteiger partial charge is 0.328 e. The Morgan fingerprint density at radius 2 is 0.904 bits per heavy atom. The third kappa shape index (κ3) is 11.8. The summed E-state index contributed by atoms with van der Waals surface area (Å²) in [7, 11) is 0. The second-order valence-electron chi connectivity index (χ2n) is 28.6. The first kappa shape index (κ1) is 56.6. The molecule has 2 amide bonds. The van der Waals surface area contributed by atoms with Crippen LogP contribution in [-0.4, -0.2) is 48.0 Å². The van der Waals surface area contributed by atoms with E-state index in [1.165, 1.54) is 101 Å². The van der Waals surface area contributed by atoms with Crippen molar-refractivity contribution < 1.29 is 28.7 Å². The van der Waals surface area contributed by atoms with Gasteiger partial charge in [-0.05, 0) is 203 Å². The molecule has 0 aromatic rings. The van der Waals surface area contributed by atoms with Crippen molar-refractivity contribution in [1.82, 2.24) is 10.6 Å². The average Bonchev–Trinajstić information content (AvgIpc) is 3.88. The van der Waals surface area contributed by atoms with Crippen molar-refractivity contribution in [2.24, 2.45) is 92.7 Å². The molecule has 412 valence electrons. The fraction of sp³-hybridized carbons (Fsp3) is 0.877. The van der Waals surface area contributed by atoms with Crippen LogP contribution in [0.4, 0.5) is 0 Å². The van der Waals surface area contributed by atoms with Crippen molar-refractivity contribution in [2.75, 3.05) is 0 Å². The molecule has 73 heavy (non-hydrogen) atoms. The van der Waals surface area contributed by atoms with E-state index < -0.39 is 24.0 Å². The van der Waals surface area contributed by atoms with Crippen LogP contribution in [0, 0.1) is 92.7 Å². The quantitative estimate of drug-likeness (QED) is 0.0928. The standard InChI is InChI=1S/C65H106N2O6/c1-40(2)16-13-18-42(5)52-26-28-54-50-24-22-46-38-48(30-34-62(46,9)56(50)32-36-64(52,54)11)72-60(70)44(7)66-58(68)20-15-21-59(69)67-45(8)61(71)73-49-31-35-63(10)47(39-49)23-25-51-55-29-27-53(43(6)19-14-17-41(3)4)65(55,12)37-33-57(51)63/h22-23,40-45,48-57H,13-21,24-39H2,1-12H3,(H,66,68)(H,67,69)/t42-,43-,44-,45-,48+,49+,50+,51+,52-,53-,54+,55+,56+,57+,62+,63+,64-,65-/m1/s1. The summed E-state index contributed by atoms with van der Waals surface area (Å²) in [5.41, 5.74) is 4.28. The third-order valence-electron chi connectivity index (χ3n) is 23.4. The second-order valence-corrected chi connectivity index (χ2v) is 28.6. The van der Waals surface area contributed by atoms with Gasteiger partial charge in [0.05, 0.1) is 0 Å². The Labute approximate surface area is 445 Å². The van der Waals surface area contributed by atoms with Crippen molar-refractivity contribution in [2.45, 2.75) is 268 Å². The predicted octanol–water partition coefficient (Wildman–Crippen LogP) is 15.1. The lowest BCUT2D eigenvalue weighted by molar-refractivity contribution is -0.155. The number of fused-ring (bicyclic) bond motifs is 10. The molecule has 6 fully saturated rings. The number of hydrogen-bond donors (Lipinski definition) is 2. The number of carbonyl (C=O) groups is 4. The van der Waals surface area contributed by atoms with Crippen LogP contribution in [-0.2, 0) is 28.7 Å². The van der Waals surface area contributed by atoms with Gasteiger partial charge in [-0.1, -0.05) is 131 Å². The molecule has 0 bridgehead atoms. The molecule has 8 aliphatic rings. The summed E-state index contributed by atoms with van der Waals surface area (Å²) in [5.74, 6) is 8.16. The zero-order chi connectivity index (χ0) is 52.6. The van der Waals surface area contributed by atoms with Gasteiger partial charge < -0.3 is 20.1 Å². The minimum Gasteiger partial charge on any atom is -0.461 e. The zero-order valence-corrected chi connectivity index (χ0v) is 48.5. The van der Waals surface area contributed by atoms with Crippen LogP contribution in [0.25, 0.3) is 0 Å². The molecule has 8 heteroatoms. The van der Waals surface area contributed by atoms with E-state index >= 15 is 0 Å². The number of allylic oxidation sites excluding steroid dienone is 2. The largest absolute Gasteiger partial charge is 0.461 e. The molecule has 8 aliphatic carbocycles. The Balaban J connectivity index is 0.725. The van der Waals surface area contributed by atoms with Crippen molar-refractivity contribution in [3.8, 4) is 0 Å². The topological polar surface area (TPSA) is 111 Å². The highest BCUT2D eigenvalue weighted by Gasteiger charge is 2.61. The molecule has 8 rings (SSSR count). The summed E-state index contributed by atoms with van der Waals surface area (Å²) >= 11 is 0. The van der Waals surface area contributed by atoms with E-state index in [2.05, 4.69) is 92.0 Å². The van der Waals surface area contributed by atoms with Crippen LogP contribution in [0.5, 0.6) is 0 Å². The van der Waals surface area contributed by atoms with Gasteiger partial charge in [0.25, 0.3) is 0 Å². The maximum atomic E-state index is 13.4. The highest BCUT2D eigenvalue weighted by Crippen LogP contribution is 2.69. The molecule has 0 radical (unpaired) electrons. The Kier molecular flexibility index (Phi) is 17.9. The van der Waals surface area contributed by atoms with Gasteiger partial charge in [-0.15, -0.1) is 0 Å². The summed E-state index contributed by atoms with van der Waals surface area (Å²) in [6.07, 6.45) is 32.1. The molecule has 0 aliphatic heterocycles. The SMILES string of the molecule is CC(C)CCC[C@@H](C)[C@H]1CC[C@H]2[C@@H]3CC=C4C[C@@H](OC(=O)[C@@H](C)NC(=O)CCCC(=O)N[C@H](C)C(=O)O[C@H]5CC[C@@]6(C)C(=CC[C@H]7[C@@H]8CC[C@H]([C@H](C)CCCC(C)C)[C@@]8(C)CC[C@@H]76)C5)CC[C@]4(C)[C@H]3CC[C@]12C. The van der Waals surface area contributed by atoms with E-state index in [9.17, 15) is 19.2 Å². The van der Waals surface area contributed by atoms with Crippen LogP contribution in [0.1, 0.15) is 244 Å². The fourth-order valence-electron chi connectivity index (χ4n) is 19.2. The molecular weight excluding hydrogens is 905 g/mol. The van der Waals surface area contributed by atoms with Crippen molar-refractivity contribution >= 4 is 23.8 Å². The molecule has 0 spiro atoms. The normalized spacial score (nSPS) is 39.2. The third-order valence-corrected chi connectivity index (χ3v) is 23.4. The Hall–Kier alpha value is -2.64. The molecule has 0 aromatic heterocycles. The van der Waals surface area contributed by atoms with Crippen molar-refractivity contribution in [3.63, 3.8) is 0 Å². The summed E-state index contributed by atoms with van der Waals surface area (Å²) in [4.78, 5) is 52.7. The van der Waals surface area contributed by atoms with Crippen LogP contribution in [0.2, 0.25) is 0 Å². The number of ether oxygens (including phenoxy) is 2. The number of hydrogen-bond acceptors (Lipinski definition) is 6. The first-order valence-electron chi connectivity index (χ1n) is 31.0. The van der Waals surface area contributed by atoms with Gasteiger partial charge in [-0.3, -0.25) is 9.59 Å². The van der Waals surface area contributed by atoms with E-state index in [1.807, 2.05) is 0 Å². The van der Waals surface area contributed by atoms with E-state index in [0.29, 0.717) is 29.1 Å². The lowest BCUT2D eigenvalue weighted by Gasteiger charge is -2.58. The summed E-state index contributed by atoms with van der Waals surface area (Å²) < 4.78 is 12.2. The minimum absolute atomic E-state index is 0.106. The van der Waals surface area contributed by atoms with Gasteiger partial charge in [0, 0.05) is 25.7 Å². The molecule has 6 saturated carbocycles. The van der Waals surface area contributed by atoms with Gasteiger partial charge in [0.2, 0.25) is 11.8 Å². The molecule has 18 atom stereocenters. The van der Waals surface area contributed by atoms with Gasteiger partial charge >= 0.3 is 11.9 Å². The van der Waals surface area contributed by atoms with Gasteiger partial charge in [-0.25, -0.2) is 9.59 Å². The van der Waals surface area contributed by atoms with Gasteiger partial charge in [0.1, 0.15) is 24.3 Å². The minimum atomic E-state index is -0.770. The number of esters is 2. The Morgan fingerprint density at radius 1 is 0.507 bits per heavy atom. The Morgan fingerprint density at radius 3 is 1.29 bits per heavy atom. The van der Waals surface area contributed by atoms with E-state index in [4.69, 9.17) is 9.47 Å². The van der Waals surface area contributed by atoms with E-state index in [1.54, 1.807) is 13.8 Å². The highest BCUT2D eigenvalue weighted by molar-refractivity contribution is 5.86. The van der Waals surface area contributed by atoms with Gasteiger partial charge in [-0.2, -0.15) is 0 Å². The van der Waals surface area contributed by atoms with Gasteiger partial charge in [0.15, 0.2) is 0 Å². The maximum Gasteiger partial charge on any atom is 0.328 e. The summed E-state index contributed by atoms with van der Waals surface area (Å²) in [6.45, 7) is 28.3. The second kappa shape index (κ2) is 23.1. The maximum absolute atomic E-state index is 13.4. The monoisotopic (exact) mass is 1010 g/mol. The van der Waals surface area contributed by atoms with Crippen LogP contribution >= 0.6 is 0 Å². The number of carbonyl (C=O) groups excluding carboxylic acids is 4. The molecular formula is C65H106N2O6. The lowest BCUT2D eigenvalue weighted by Crippen LogP contribution is -2.51. The molecule has 0 heterocycles. The van der Waals surface area contributed by atoms with Crippen LogP contribution < -0.4 is 10.6 Å².